The van der Waals surface area contributed by atoms with Crippen molar-refractivity contribution >= 4 is 5.97 Å². The van der Waals surface area contributed by atoms with E-state index < -0.39 is 12.1 Å². The van der Waals surface area contributed by atoms with Crippen molar-refractivity contribution in [1.29, 1.82) is 0 Å². The molecule has 0 N–H and O–H groups in total. The van der Waals surface area contributed by atoms with E-state index in [0.29, 0.717) is 38.6 Å². The van der Waals surface area contributed by atoms with Crippen LogP contribution in [0.4, 0.5) is 0 Å². The Morgan fingerprint density at radius 3 is 1.89 bits per heavy atom. The zero-order chi connectivity index (χ0) is 25.0. The maximum absolute atomic E-state index is 12.2. The van der Waals surface area contributed by atoms with Crippen LogP contribution < -0.4 is 0 Å². The average molecular weight is 489 g/mol. The van der Waals surface area contributed by atoms with Crippen LogP contribution in [0, 0.1) is 0 Å². The molecule has 1 saturated heterocycles. The molecule has 188 valence electrons. The zero-order valence-corrected chi connectivity index (χ0v) is 20.5. The van der Waals surface area contributed by atoms with Crippen molar-refractivity contribution in [3.63, 3.8) is 0 Å². The third-order valence-corrected chi connectivity index (χ3v) is 5.87. The van der Waals surface area contributed by atoms with Gasteiger partial charge >= 0.3 is 5.97 Å². The first kappa shape index (κ1) is 25.6. The van der Waals surface area contributed by atoms with Gasteiger partial charge in [0.25, 0.3) is 0 Å². The summed E-state index contributed by atoms with van der Waals surface area (Å²) in [6, 6.07) is 29.8. The molecule has 0 amide bonds. The molecule has 36 heavy (non-hydrogen) atoms. The largest absolute Gasteiger partial charge is 0.489 e. The summed E-state index contributed by atoms with van der Waals surface area (Å²) >= 11 is 0. The number of carbonyl (C=O) groups is 1. The fourth-order valence-corrected chi connectivity index (χ4v) is 4.03. The molecule has 4 rings (SSSR count). The van der Waals surface area contributed by atoms with Gasteiger partial charge in [0.2, 0.25) is 0 Å². The van der Waals surface area contributed by atoms with Crippen LogP contribution in [0.3, 0.4) is 0 Å². The zero-order valence-electron chi connectivity index (χ0n) is 20.5. The molecule has 0 saturated carbocycles. The number of rotatable bonds is 11. The quantitative estimate of drug-likeness (QED) is 0.272. The number of esters is 1. The van der Waals surface area contributed by atoms with Crippen LogP contribution in [-0.4, -0.2) is 38.0 Å². The van der Waals surface area contributed by atoms with Crippen molar-refractivity contribution in [3.8, 4) is 0 Å². The minimum absolute atomic E-state index is 0.304. The Balaban J connectivity index is 1.49. The van der Waals surface area contributed by atoms with Gasteiger partial charge in [-0.1, -0.05) is 91.0 Å². The van der Waals surface area contributed by atoms with E-state index in [1.165, 1.54) is 13.2 Å². The summed E-state index contributed by atoms with van der Waals surface area (Å²) in [4.78, 5) is 12.2. The maximum Gasteiger partial charge on any atom is 0.333 e. The van der Waals surface area contributed by atoms with Crippen LogP contribution in [0.1, 0.15) is 23.1 Å². The summed E-state index contributed by atoms with van der Waals surface area (Å²) in [5.41, 5.74) is 3.16. The van der Waals surface area contributed by atoms with E-state index in [1.54, 1.807) is 0 Å². The lowest BCUT2D eigenvalue weighted by Crippen LogP contribution is -2.44. The van der Waals surface area contributed by atoms with Crippen LogP contribution >= 0.6 is 0 Å². The van der Waals surface area contributed by atoms with Gasteiger partial charge in [-0.2, -0.15) is 0 Å². The van der Waals surface area contributed by atoms with E-state index in [1.807, 2.05) is 91.0 Å². The molecule has 1 aliphatic heterocycles. The Morgan fingerprint density at radius 2 is 1.33 bits per heavy atom. The van der Waals surface area contributed by atoms with E-state index in [4.69, 9.17) is 23.7 Å². The van der Waals surface area contributed by atoms with Gasteiger partial charge in [-0.05, 0) is 16.7 Å². The summed E-state index contributed by atoms with van der Waals surface area (Å²) in [7, 11) is 1.34. The van der Waals surface area contributed by atoms with E-state index in [0.717, 1.165) is 16.7 Å². The predicted octanol–water partition coefficient (Wildman–Crippen LogP) is 5.22. The van der Waals surface area contributed by atoms with Crippen LogP contribution in [-0.2, 0) is 48.3 Å². The van der Waals surface area contributed by atoms with E-state index >= 15 is 0 Å². The van der Waals surface area contributed by atoms with Gasteiger partial charge in [0.15, 0.2) is 0 Å². The van der Waals surface area contributed by atoms with Gasteiger partial charge in [0.05, 0.1) is 45.7 Å². The molecule has 3 unspecified atom stereocenters. The molecular formula is C30H32O6. The lowest BCUT2D eigenvalue weighted by atomic mass is 10.00. The first-order valence-corrected chi connectivity index (χ1v) is 12.1. The maximum atomic E-state index is 12.2. The van der Waals surface area contributed by atoms with Crippen LogP contribution in [0.5, 0.6) is 0 Å². The third kappa shape index (κ3) is 7.78. The third-order valence-electron chi connectivity index (χ3n) is 5.87. The van der Waals surface area contributed by atoms with Crippen LogP contribution in [0.25, 0.3) is 0 Å². The van der Waals surface area contributed by atoms with Gasteiger partial charge in [-0.25, -0.2) is 4.79 Å². The van der Waals surface area contributed by atoms with E-state index in [-0.39, 0.29) is 12.2 Å². The summed E-state index contributed by atoms with van der Waals surface area (Å²) in [6.07, 6.45) is 0.682. The Kier molecular flexibility index (Phi) is 9.68. The molecule has 3 aromatic rings. The van der Waals surface area contributed by atoms with Crippen molar-refractivity contribution in [1.82, 2.24) is 0 Å². The molecule has 3 aromatic carbocycles. The molecule has 0 aliphatic carbocycles. The SMILES string of the molecule is COC(=O)/C=C1/OC(COCc2ccccc2)CC(OCc2ccccc2)C1OCc1ccccc1. The number of methoxy groups -OCH3 is 1. The number of hydrogen-bond acceptors (Lipinski definition) is 6. The van der Waals surface area contributed by atoms with Gasteiger partial charge in [0, 0.05) is 6.42 Å². The number of carbonyl (C=O) groups excluding carboxylic acids is 1. The number of ether oxygens (including phenoxy) is 5. The van der Waals surface area contributed by atoms with Gasteiger partial charge in [-0.3, -0.25) is 0 Å². The Bertz CT molecular complexity index is 1080. The van der Waals surface area contributed by atoms with Crippen molar-refractivity contribution in [2.24, 2.45) is 0 Å². The molecule has 0 spiro atoms. The molecule has 0 aromatic heterocycles. The van der Waals surface area contributed by atoms with E-state index in [9.17, 15) is 4.79 Å². The smallest absolute Gasteiger partial charge is 0.333 e. The molecular weight excluding hydrogens is 456 g/mol. The van der Waals surface area contributed by atoms with Crippen LogP contribution in [0.2, 0.25) is 0 Å². The van der Waals surface area contributed by atoms with Crippen molar-refractivity contribution in [2.75, 3.05) is 13.7 Å². The van der Waals surface area contributed by atoms with Gasteiger partial charge in [-0.15, -0.1) is 0 Å². The first-order valence-electron chi connectivity index (χ1n) is 12.1. The highest BCUT2D eigenvalue weighted by molar-refractivity contribution is 5.82. The molecule has 1 aliphatic rings. The fourth-order valence-electron chi connectivity index (χ4n) is 4.03. The highest BCUT2D eigenvalue weighted by atomic mass is 16.6. The highest BCUT2D eigenvalue weighted by Crippen LogP contribution is 2.30. The lowest BCUT2D eigenvalue weighted by Gasteiger charge is -2.38. The molecule has 0 radical (unpaired) electrons. The Hall–Kier alpha value is -3.45. The van der Waals surface area contributed by atoms with Gasteiger partial charge < -0.3 is 23.7 Å². The Morgan fingerprint density at radius 1 is 0.806 bits per heavy atom. The van der Waals surface area contributed by atoms with Crippen molar-refractivity contribution < 1.29 is 28.5 Å². The normalized spacial score (nSPS) is 20.6. The fraction of sp³-hybridized carbons (Fsp3) is 0.300. The molecule has 1 heterocycles. The molecule has 6 heteroatoms. The van der Waals surface area contributed by atoms with Crippen molar-refractivity contribution in [2.45, 2.75) is 44.6 Å². The average Bonchev–Trinajstić information content (AvgIpc) is 2.93. The number of benzene rings is 3. The predicted molar refractivity (Wildman–Crippen MR) is 136 cm³/mol. The van der Waals surface area contributed by atoms with Crippen LogP contribution in [0.15, 0.2) is 103 Å². The molecule has 1 fully saturated rings. The summed E-state index contributed by atoms with van der Waals surface area (Å²) in [5.74, 6) is -0.124. The minimum Gasteiger partial charge on any atom is -0.489 e. The lowest BCUT2D eigenvalue weighted by molar-refractivity contribution is -0.152. The monoisotopic (exact) mass is 488 g/mol. The Labute approximate surface area is 212 Å². The summed E-state index contributed by atoms with van der Waals surface area (Å²) < 4.78 is 29.7. The molecule has 0 bridgehead atoms. The minimum atomic E-state index is -0.571. The summed E-state index contributed by atoms with van der Waals surface area (Å²) in [6.45, 7) is 1.60. The second-order valence-corrected chi connectivity index (χ2v) is 8.60. The standard InChI is InChI=1S/C30H32O6/c1-32-29(31)18-28-30(35-21-25-15-9-4-10-16-25)27(34-20-24-13-7-3-8-14-24)17-26(36-28)22-33-19-23-11-5-2-6-12-23/h2-16,18,26-27,30H,17,19-22H2,1H3/b28-18+. The molecule has 6 nitrogen and oxygen atoms in total. The van der Waals surface area contributed by atoms with Crippen molar-refractivity contribution in [3.05, 3.63) is 120 Å². The summed E-state index contributed by atoms with van der Waals surface area (Å²) in [5, 5.41) is 0. The first-order chi connectivity index (χ1) is 17.7. The number of hydrogen-bond donors (Lipinski definition) is 0. The van der Waals surface area contributed by atoms with Gasteiger partial charge in [0.1, 0.15) is 18.0 Å². The second kappa shape index (κ2) is 13.6. The molecule has 3 atom stereocenters. The van der Waals surface area contributed by atoms with E-state index in [2.05, 4.69) is 0 Å². The second-order valence-electron chi connectivity index (χ2n) is 8.60. The highest BCUT2D eigenvalue weighted by Gasteiger charge is 2.38. The topological polar surface area (TPSA) is 63.2 Å².